The molecule has 15 heavy (non-hydrogen) atoms. The van der Waals surface area contributed by atoms with Crippen LogP contribution in [0.1, 0.15) is 22.8 Å². The number of ketones is 1. The molecule has 0 radical (unpaired) electrons. The number of hydrogen-bond acceptors (Lipinski definition) is 3. The zero-order valence-electron chi connectivity index (χ0n) is 8.61. The first-order chi connectivity index (χ1) is 7.00. The molecule has 0 amide bonds. The molecule has 0 saturated heterocycles. The van der Waals surface area contributed by atoms with E-state index < -0.39 is 5.97 Å². The molecule has 1 rings (SSSR count). The molecule has 0 heterocycles. The quantitative estimate of drug-likeness (QED) is 0.630. The summed E-state index contributed by atoms with van der Waals surface area (Å²) in [6, 6.07) is 5.30. The largest absolute Gasteiger partial charge is 0.481 e. The lowest BCUT2D eigenvalue weighted by Crippen LogP contribution is -1.99. The molecule has 0 aliphatic carbocycles. The van der Waals surface area contributed by atoms with Gasteiger partial charge in [-0.2, -0.15) is 0 Å². The Balaban J connectivity index is 2.83. The second kappa shape index (κ2) is 4.98. The Morgan fingerprint density at radius 2 is 2.07 bits per heavy atom. The van der Waals surface area contributed by atoms with E-state index in [1.165, 1.54) is 18.7 Å². The van der Waals surface area contributed by atoms with Gasteiger partial charge < -0.3 is 5.11 Å². The summed E-state index contributed by atoms with van der Waals surface area (Å²) in [5.74, 6) is -0.775. The zero-order valence-corrected chi connectivity index (χ0v) is 9.43. The highest BCUT2D eigenvalue weighted by molar-refractivity contribution is 8.00. The van der Waals surface area contributed by atoms with E-state index in [1.54, 1.807) is 18.2 Å². The standard InChI is InChI=1S/C11H12O3S/c1-7-5-9(8(2)12)3-4-10(7)15-6-11(13)14/h3-5H,6H2,1-2H3,(H,13,14). The van der Waals surface area contributed by atoms with E-state index in [1.807, 2.05) is 6.92 Å². The minimum absolute atomic E-state index is 0.0212. The minimum atomic E-state index is -0.838. The second-order valence-corrected chi connectivity index (χ2v) is 4.24. The van der Waals surface area contributed by atoms with Crippen LogP contribution in [-0.2, 0) is 4.79 Å². The van der Waals surface area contributed by atoms with Crippen molar-refractivity contribution in [1.82, 2.24) is 0 Å². The number of aliphatic carboxylic acids is 1. The van der Waals surface area contributed by atoms with Crippen molar-refractivity contribution in [3.8, 4) is 0 Å². The van der Waals surface area contributed by atoms with Crippen molar-refractivity contribution < 1.29 is 14.7 Å². The number of hydrogen-bond donors (Lipinski definition) is 1. The third-order valence-electron chi connectivity index (χ3n) is 1.93. The van der Waals surface area contributed by atoms with Crippen molar-refractivity contribution in [3.05, 3.63) is 29.3 Å². The maximum Gasteiger partial charge on any atom is 0.313 e. The highest BCUT2D eigenvalue weighted by Gasteiger charge is 2.05. The van der Waals surface area contributed by atoms with E-state index in [2.05, 4.69) is 0 Å². The zero-order chi connectivity index (χ0) is 11.4. The highest BCUT2D eigenvalue weighted by Crippen LogP contribution is 2.23. The van der Waals surface area contributed by atoms with Gasteiger partial charge in [0, 0.05) is 10.5 Å². The first-order valence-corrected chi connectivity index (χ1v) is 5.45. The van der Waals surface area contributed by atoms with Crippen LogP contribution >= 0.6 is 11.8 Å². The minimum Gasteiger partial charge on any atom is -0.481 e. The van der Waals surface area contributed by atoms with E-state index >= 15 is 0 Å². The molecule has 0 atom stereocenters. The Kier molecular flexibility index (Phi) is 3.91. The van der Waals surface area contributed by atoms with Crippen LogP contribution in [-0.4, -0.2) is 22.6 Å². The van der Waals surface area contributed by atoms with Gasteiger partial charge >= 0.3 is 5.97 Å². The summed E-state index contributed by atoms with van der Waals surface area (Å²) >= 11 is 1.26. The summed E-state index contributed by atoms with van der Waals surface area (Å²) in [7, 11) is 0. The topological polar surface area (TPSA) is 54.4 Å². The Morgan fingerprint density at radius 1 is 1.40 bits per heavy atom. The molecule has 0 fully saturated rings. The van der Waals surface area contributed by atoms with Crippen molar-refractivity contribution >= 4 is 23.5 Å². The fraction of sp³-hybridized carbons (Fsp3) is 0.273. The van der Waals surface area contributed by atoms with Crippen LogP contribution in [0.5, 0.6) is 0 Å². The molecule has 0 aromatic heterocycles. The van der Waals surface area contributed by atoms with Crippen LogP contribution in [0, 0.1) is 6.92 Å². The number of rotatable bonds is 4. The molecular weight excluding hydrogens is 212 g/mol. The summed E-state index contributed by atoms with van der Waals surface area (Å²) in [6.45, 7) is 3.38. The Labute approximate surface area is 92.5 Å². The second-order valence-electron chi connectivity index (χ2n) is 3.22. The SMILES string of the molecule is CC(=O)c1ccc(SCC(=O)O)c(C)c1. The molecular formula is C11H12O3S. The van der Waals surface area contributed by atoms with Crippen LogP contribution in [0.3, 0.4) is 0 Å². The van der Waals surface area contributed by atoms with Gasteiger partial charge in [0.15, 0.2) is 5.78 Å². The average molecular weight is 224 g/mol. The van der Waals surface area contributed by atoms with Gasteiger partial charge in [0.25, 0.3) is 0 Å². The molecule has 0 spiro atoms. The van der Waals surface area contributed by atoms with Crippen LogP contribution < -0.4 is 0 Å². The van der Waals surface area contributed by atoms with Gasteiger partial charge in [-0.15, -0.1) is 11.8 Å². The third kappa shape index (κ3) is 3.40. The van der Waals surface area contributed by atoms with E-state index in [-0.39, 0.29) is 11.5 Å². The number of benzene rings is 1. The third-order valence-corrected chi connectivity index (χ3v) is 3.09. The Morgan fingerprint density at radius 3 is 2.53 bits per heavy atom. The first kappa shape index (κ1) is 11.8. The molecule has 0 unspecified atom stereocenters. The summed E-state index contributed by atoms with van der Waals surface area (Å²) in [5, 5.41) is 8.53. The molecule has 1 N–H and O–H groups in total. The van der Waals surface area contributed by atoms with Gasteiger partial charge in [-0.25, -0.2) is 0 Å². The fourth-order valence-corrected chi connectivity index (χ4v) is 1.90. The van der Waals surface area contributed by atoms with E-state index in [4.69, 9.17) is 5.11 Å². The molecule has 4 heteroatoms. The van der Waals surface area contributed by atoms with Crippen LogP contribution in [0.2, 0.25) is 0 Å². The van der Waals surface area contributed by atoms with E-state index in [0.717, 1.165) is 10.5 Å². The number of thioether (sulfide) groups is 1. The predicted molar refractivity (Wildman–Crippen MR) is 59.5 cm³/mol. The summed E-state index contributed by atoms with van der Waals surface area (Å²) < 4.78 is 0. The van der Waals surface area contributed by atoms with Crippen molar-refractivity contribution in [1.29, 1.82) is 0 Å². The average Bonchev–Trinajstić information content (AvgIpc) is 2.15. The van der Waals surface area contributed by atoms with Gasteiger partial charge in [-0.3, -0.25) is 9.59 Å². The Hall–Kier alpha value is -1.29. The van der Waals surface area contributed by atoms with Gasteiger partial charge in [-0.1, -0.05) is 6.07 Å². The number of carboxylic acids is 1. The summed E-state index contributed by atoms with van der Waals surface area (Å²) in [5.41, 5.74) is 1.60. The monoisotopic (exact) mass is 224 g/mol. The number of carbonyl (C=O) groups excluding carboxylic acids is 1. The maximum atomic E-state index is 11.1. The predicted octanol–water partition coefficient (Wildman–Crippen LogP) is 2.37. The van der Waals surface area contributed by atoms with Crippen molar-refractivity contribution in [3.63, 3.8) is 0 Å². The Bertz CT molecular complexity index is 399. The van der Waals surface area contributed by atoms with Crippen LogP contribution in [0.4, 0.5) is 0 Å². The summed E-state index contributed by atoms with van der Waals surface area (Å²) in [6.07, 6.45) is 0. The van der Waals surface area contributed by atoms with Gasteiger partial charge in [0.2, 0.25) is 0 Å². The van der Waals surface area contributed by atoms with Gasteiger partial charge in [0.05, 0.1) is 5.75 Å². The van der Waals surface area contributed by atoms with Crippen LogP contribution in [0.15, 0.2) is 23.1 Å². The van der Waals surface area contributed by atoms with Crippen molar-refractivity contribution in [2.24, 2.45) is 0 Å². The van der Waals surface area contributed by atoms with E-state index in [9.17, 15) is 9.59 Å². The maximum absolute atomic E-state index is 11.1. The molecule has 3 nitrogen and oxygen atoms in total. The highest BCUT2D eigenvalue weighted by atomic mass is 32.2. The molecule has 0 aliphatic heterocycles. The van der Waals surface area contributed by atoms with Crippen molar-refractivity contribution in [2.45, 2.75) is 18.7 Å². The first-order valence-electron chi connectivity index (χ1n) is 4.47. The van der Waals surface area contributed by atoms with Crippen molar-refractivity contribution in [2.75, 3.05) is 5.75 Å². The number of aryl methyl sites for hydroxylation is 1. The molecule has 0 saturated carbocycles. The summed E-state index contributed by atoms with van der Waals surface area (Å²) in [4.78, 5) is 22.4. The van der Waals surface area contributed by atoms with Crippen LogP contribution in [0.25, 0.3) is 0 Å². The smallest absolute Gasteiger partial charge is 0.313 e. The molecule has 80 valence electrons. The number of carboxylic acid groups (broad SMARTS) is 1. The molecule has 1 aromatic rings. The molecule has 1 aromatic carbocycles. The lowest BCUT2D eigenvalue weighted by Gasteiger charge is -2.05. The normalized spacial score (nSPS) is 10.0. The fourth-order valence-electron chi connectivity index (χ4n) is 1.17. The lowest BCUT2D eigenvalue weighted by molar-refractivity contribution is -0.133. The van der Waals surface area contributed by atoms with E-state index in [0.29, 0.717) is 5.56 Å². The van der Waals surface area contributed by atoms with Gasteiger partial charge in [0.1, 0.15) is 0 Å². The number of carbonyl (C=O) groups is 2. The molecule has 0 bridgehead atoms. The lowest BCUT2D eigenvalue weighted by atomic mass is 10.1. The molecule has 0 aliphatic rings. The van der Waals surface area contributed by atoms with Gasteiger partial charge in [-0.05, 0) is 31.5 Å². The number of Topliss-reactive ketones (excluding diaryl/α,β-unsaturated/α-hetero) is 1.